The Kier molecular flexibility index (Phi) is 3.47. The summed E-state index contributed by atoms with van der Waals surface area (Å²) in [5, 5.41) is 0.807. The second kappa shape index (κ2) is 4.84. The quantitative estimate of drug-likeness (QED) is 0.587. The second-order valence-electron chi connectivity index (χ2n) is 3.32. The Hall–Kier alpha value is -0.761. The summed E-state index contributed by atoms with van der Waals surface area (Å²) in [5.41, 5.74) is 1.06. The van der Waals surface area contributed by atoms with Gasteiger partial charge in [0, 0.05) is 0 Å². The molecule has 0 saturated heterocycles. The number of benzene rings is 1. The molecule has 2 rings (SSSR count). The minimum atomic E-state index is 0.469. The molecule has 0 N–H and O–H groups in total. The van der Waals surface area contributed by atoms with Crippen LogP contribution in [0.1, 0.15) is 0 Å². The molecule has 4 heteroatoms. The van der Waals surface area contributed by atoms with Gasteiger partial charge in [0.05, 0.1) is 0 Å². The molecule has 0 aliphatic rings. The van der Waals surface area contributed by atoms with Gasteiger partial charge in [-0.3, -0.25) is 0 Å². The van der Waals surface area contributed by atoms with Crippen LogP contribution in [0.3, 0.4) is 0 Å². The van der Waals surface area contributed by atoms with Gasteiger partial charge in [0.2, 0.25) is 0 Å². The molecule has 2 aromatic rings. The molecule has 0 radical (unpaired) electrons. The van der Waals surface area contributed by atoms with Gasteiger partial charge in [-0.1, -0.05) is 0 Å². The number of aromatic nitrogens is 2. The molecule has 0 aliphatic carbocycles. The van der Waals surface area contributed by atoms with Crippen LogP contribution in [0.25, 0.3) is 0 Å². The van der Waals surface area contributed by atoms with Crippen molar-refractivity contribution in [3.05, 3.63) is 48.0 Å². The molecule has 1 aromatic heterocycles. The van der Waals surface area contributed by atoms with E-state index in [0.29, 0.717) is 15.0 Å². The summed E-state index contributed by atoms with van der Waals surface area (Å²) in [7, 11) is 2.03. The molecule has 0 saturated carbocycles. The monoisotopic (exact) mass is 287 g/mol. The number of rotatable bonds is 3. The van der Waals surface area contributed by atoms with Crippen molar-refractivity contribution in [2.45, 2.75) is 5.44 Å². The van der Waals surface area contributed by atoms with Crippen molar-refractivity contribution < 1.29 is 4.57 Å². The minimum absolute atomic E-state index is 0.469. The van der Waals surface area contributed by atoms with Gasteiger partial charge >= 0.3 is 101 Å². The molecular weight excluding hydrogens is 275 g/mol. The predicted molar refractivity (Wildman–Crippen MR) is 62.4 cm³/mol. The molecule has 0 spiro atoms. The van der Waals surface area contributed by atoms with Crippen LogP contribution in [0.5, 0.6) is 0 Å². The molecule has 0 unspecified atom stereocenters. The van der Waals surface area contributed by atoms with Gasteiger partial charge in [-0.05, 0) is 0 Å². The van der Waals surface area contributed by atoms with Crippen LogP contribution in [0.4, 0.5) is 0 Å². The van der Waals surface area contributed by atoms with Crippen LogP contribution in [0.2, 0.25) is 5.02 Å². The molecule has 0 fully saturated rings. The number of nitrogens with zero attached hydrogens (tertiary/aromatic N) is 2. The van der Waals surface area contributed by atoms with Crippen LogP contribution in [-0.2, 0) is 12.5 Å². The Morgan fingerprint density at radius 1 is 1.33 bits per heavy atom. The van der Waals surface area contributed by atoms with Crippen molar-refractivity contribution in [1.82, 2.24) is 4.57 Å². The first-order valence-corrected chi connectivity index (χ1v) is 7.08. The summed E-state index contributed by atoms with van der Waals surface area (Å²) in [6.45, 7) is 0. The Morgan fingerprint density at radius 3 is 2.67 bits per heavy atom. The van der Waals surface area contributed by atoms with E-state index in [-0.39, 0.29) is 0 Å². The van der Waals surface area contributed by atoms with Gasteiger partial charge in [-0.2, -0.15) is 0 Å². The SMILES string of the molecule is C[n+]1ccn(C[Se]c2ccc(Cl)cc2)c1. The number of halogens is 1. The summed E-state index contributed by atoms with van der Waals surface area (Å²) in [4.78, 5) is 0. The fourth-order valence-electron chi connectivity index (χ4n) is 1.26. The summed E-state index contributed by atoms with van der Waals surface area (Å²) >= 11 is 6.30. The molecule has 0 bridgehead atoms. The Balaban J connectivity index is 1.96. The van der Waals surface area contributed by atoms with Crippen LogP contribution in [0.15, 0.2) is 43.0 Å². The summed E-state index contributed by atoms with van der Waals surface area (Å²) in [5.74, 6) is 0. The van der Waals surface area contributed by atoms with E-state index in [1.807, 2.05) is 19.2 Å². The fourth-order valence-corrected chi connectivity index (χ4v) is 3.02. The van der Waals surface area contributed by atoms with Crippen LogP contribution in [-0.4, -0.2) is 19.5 Å². The Labute approximate surface area is 101 Å². The zero-order valence-corrected chi connectivity index (χ0v) is 10.9. The first-order chi connectivity index (χ1) is 7.24. The number of hydrogen-bond donors (Lipinski definition) is 0. The molecule has 1 heterocycles. The third kappa shape index (κ3) is 3.10. The van der Waals surface area contributed by atoms with E-state index in [4.69, 9.17) is 11.6 Å². The molecule has 15 heavy (non-hydrogen) atoms. The first-order valence-electron chi connectivity index (χ1n) is 4.63. The molecule has 2 nitrogen and oxygen atoms in total. The summed E-state index contributed by atoms with van der Waals surface area (Å²) in [6.07, 6.45) is 6.24. The molecule has 0 atom stereocenters. The van der Waals surface area contributed by atoms with Gasteiger partial charge in [0.25, 0.3) is 0 Å². The molecule has 1 aromatic carbocycles. The van der Waals surface area contributed by atoms with E-state index in [1.54, 1.807) is 0 Å². The van der Waals surface area contributed by atoms with Crippen molar-refractivity contribution in [3.8, 4) is 0 Å². The molecule has 0 aliphatic heterocycles. The molecular formula is C11H12ClN2Se+. The Bertz CT molecular complexity index is 436. The summed E-state index contributed by atoms with van der Waals surface area (Å²) in [6, 6.07) is 8.11. The van der Waals surface area contributed by atoms with E-state index in [1.165, 1.54) is 4.46 Å². The van der Waals surface area contributed by atoms with Gasteiger partial charge < -0.3 is 0 Å². The van der Waals surface area contributed by atoms with Gasteiger partial charge in [-0.25, -0.2) is 0 Å². The Morgan fingerprint density at radius 2 is 2.07 bits per heavy atom. The normalized spacial score (nSPS) is 10.5. The summed E-state index contributed by atoms with van der Waals surface area (Å²) < 4.78 is 5.63. The zero-order valence-electron chi connectivity index (χ0n) is 8.43. The third-order valence-corrected chi connectivity index (χ3v) is 4.44. The topological polar surface area (TPSA) is 8.81 Å². The number of aryl methyl sites for hydroxylation is 1. The van der Waals surface area contributed by atoms with Gasteiger partial charge in [-0.15, -0.1) is 0 Å². The number of imidazole rings is 1. The van der Waals surface area contributed by atoms with Crippen molar-refractivity contribution in [3.63, 3.8) is 0 Å². The van der Waals surface area contributed by atoms with E-state index in [2.05, 4.69) is 40.0 Å². The fraction of sp³-hybridized carbons (Fsp3) is 0.182. The van der Waals surface area contributed by atoms with Crippen molar-refractivity contribution in [2.24, 2.45) is 7.05 Å². The van der Waals surface area contributed by atoms with E-state index in [0.717, 1.165) is 10.5 Å². The average molecular weight is 287 g/mol. The van der Waals surface area contributed by atoms with Crippen molar-refractivity contribution in [2.75, 3.05) is 0 Å². The van der Waals surface area contributed by atoms with Crippen molar-refractivity contribution in [1.29, 1.82) is 0 Å². The van der Waals surface area contributed by atoms with Crippen LogP contribution in [0, 0.1) is 0 Å². The zero-order chi connectivity index (χ0) is 10.7. The third-order valence-electron chi connectivity index (χ3n) is 2.02. The van der Waals surface area contributed by atoms with Gasteiger partial charge in [0.15, 0.2) is 0 Å². The van der Waals surface area contributed by atoms with Crippen molar-refractivity contribution >= 4 is 31.0 Å². The van der Waals surface area contributed by atoms with Crippen LogP contribution >= 0.6 is 11.6 Å². The van der Waals surface area contributed by atoms with E-state index in [9.17, 15) is 0 Å². The van der Waals surface area contributed by atoms with Crippen LogP contribution < -0.4 is 9.03 Å². The predicted octanol–water partition coefficient (Wildman–Crippen LogP) is 0.953. The molecule has 0 amide bonds. The maximum atomic E-state index is 5.83. The molecule has 78 valence electrons. The van der Waals surface area contributed by atoms with E-state index >= 15 is 0 Å². The van der Waals surface area contributed by atoms with Gasteiger partial charge in [0.1, 0.15) is 0 Å². The second-order valence-corrected chi connectivity index (χ2v) is 5.89. The number of hydrogen-bond acceptors (Lipinski definition) is 0. The maximum absolute atomic E-state index is 5.83. The first kappa shape index (κ1) is 10.7. The standard InChI is InChI=1S/C11H12ClN2Se/c1-13-6-7-14(8-13)9-15-11-4-2-10(12)3-5-11/h2-8H,9H2,1H3/q+1. The average Bonchev–Trinajstić information content (AvgIpc) is 2.64. The van der Waals surface area contributed by atoms with E-state index < -0.39 is 0 Å².